The smallest absolute Gasteiger partial charge is 0.270 e. The third-order valence-corrected chi connectivity index (χ3v) is 4.07. The molecule has 0 aliphatic carbocycles. The molecule has 0 radical (unpaired) electrons. The van der Waals surface area contributed by atoms with Crippen molar-refractivity contribution in [3.8, 4) is 5.75 Å². The van der Waals surface area contributed by atoms with Gasteiger partial charge in [-0.1, -0.05) is 18.2 Å². The Kier molecular flexibility index (Phi) is 6.35. The van der Waals surface area contributed by atoms with E-state index in [0.717, 1.165) is 30.0 Å². The van der Waals surface area contributed by atoms with E-state index in [1.807, 2.05) is 30.3 Å². The molecule has 1 aromatic carbocycles. The summed E-state index contributed by atoms with van der Waals surface area (Å²) in [4.78, 5) is 20.4. The summed E-state index contributed by atoms with van der Waals surface area (Å²) >= 11 is 0. The van der Waals surface area contributed by atoms with E-state index < -0.39 is 0 Å². The summed E-state index contributed by atoms with van der Waals surface area (Å²) in [7, 11) is 1.66. The third kappa shape index (κ3) is 5.54. The first kappa shape index (κ1) is 18.4. The van der Waals surface area contributed by atoms with Gasteiger partial charge in [-0.3, -0.25) is 9.78 Å². The molecule has 0 spiro atoms. The summed E-state index contributed by atoms with van der Waals surface area (Å²) in [6.07, 6.45) is 5.99. The number of pyridine rings is 2. The molecule has 1 amide bonds. The maximum Gasteiger partial charge on any atom is 0.270 e. The molecule has 0 unspecified atom stereocenters. The summed E-state index contributed by atoms with van der Waals surface area (Å²) in [5.74, 6) is 0.650. The molecule has 3 aromatic rings. The first-order valence-corrected chi connectivity index (χ1v) is 8.74. The number of anilines is 1. The molecule has 0 saturated carbocycles. The minimum atomic E-state index is -0.205. The zero-order chi connectivity index (χ0) is 18.9. The summed E-state index contributed by atoms with van der Waals surface area (Å²) in [5.41, 5.74) is 3.44. The largest absolute Gasteiger partial charge is 0.497 e. The minimum Gasteiger partial charge on any atom is -0.497 e. The van der Waals surface area contributed by atoms with Gasteiger partial charge in [0, 0.05) is 25.5 Å². The second kappa shape index (κ2) is 9.33. The monoisotopic (exact) mass is 362 g/mol. The molecule has 138 valence electrons. The van der Waals surface area contributed by atoms with Crippen LogP contribution in [0.3, 0.4) is 0 Å². The van der Waals surface area contributed by atoms with Crippen molar-refractivity contribution >= 4 is 11.6 Å². The first-order chi connectivity index (χ1) is 13.2. The van der Waals surface area contributed by atoms with E-state index in [1.54, 1.807) is 31.8 Å². The number of nitrogens with zero attached hydrogens (tertiary/aromatic N) is 2. The number of methoxy groups -OCH3 is 1. The van der Waals surface area contributed by atoms with E-state index >= 15 is 0 Å². The van der Waals surface area contributed by atoms with Crippen molar-refractivity contribution in [1.29, 1.82) is 0 Å². The van der Waals surface area contributed by atoms with Crippen LogP contribution in [0.2, 0.25) is 0 Å². The summed E-state index contributed by atoms with van der Waals surface area (Å²) in [6, 6.07) is 15.3. The molecule has 0 saturated heterocycles. The van der Waals surface area contributed by atoms with Crippen molar-refractivity contribution in [2.24, 2.45) is 0 Å². The van der Waals surface area contributed by atoms with Crippen molar-refractivity contribution in [3.63, 3.8) is 0 Å². The Morgan fingerprint density at radius 2 is 1.89 bits per heavy atom. The number of rotatable bonds is 8. The van der Waals surface area contributed by atoms with Crippen LogP contribution < -0.4 is 15.4 Å². The normalized spacial score (nSPS) is 10.3. The van der Waals surface area contributed by atoms with Crippen LogP contribution in [0.15, 0.2) is 67.1 Å². The SMILES string of the molecule is COc1ccc(CCNc2ccc(C(=O)NCc3cccnc3)nc2)cc1. The lowest BCUT2D eigenvalue weighted by Gasteiger charge is -2.08. The predicted molar refractivity (Wildman–Crippen MR) is 105 cm³/mol. The number of amides is 1. The Balaban J connectivity index is 1.45. The maximum absolute atomic E-state index is 12.2. The van der Waals surface area contributed by atoms with Crippen molar-refractivity contribution in [1.82, 2.24) is 15.3 Å². The average Bonchev–Trinajstić information content (AvgIpc) is 2.74. The number of ether oxygens (including phenoxy) is 1. The molecule has 2 aromatic heterocycles. The molecule has 6 nitrogen and oxygen atoms in total. The molecule has 6 heteroatoms. The van der Waals surface area contributed by atoms with Gasteiger partial charge in [0.05, 0.1) is 19.0 Å². The van der Waals surface area contributed by atoms with Crippen LogP contribution in [-0.2, 0) is 13.0 Å². The van der Waals surface area contributed by atoms with E-state index in [4.69, 9.17) is 4.74 Å². The second-order valence-electron chi connectivity index (χ2n) is 6.00. The first-order valence-electron chi connectivity index (χ1n) is 8.74. The lowest BCUT2D eigenvalue weighted by atomic mass is 10.1. The van der Waals surface area contributed by atoms with Gasteiger partial charge < -0.3 is 15.4 Å². The molecular weight excluding hydrogens is 340 g/mol. The van der Waals surface area contributed by atoms with E-state index in [0.29, 0.717) is 12.2 Å². The number of nitrogens with one attached hydrogen (secondary N) is 2. The highest BCUT2D eigenvalue weighted by molar-refractivity contribution is 5.92. The quantitative estimate of drug-likeness (QED) is 0.644. The van der Waals surface area contributed by atoms with Gasteiger partial charge in [0.25, 0.3) is 5.91 Å². The van der Waals surface area contributed by atoms with Crippen LogP contribution >= 0.6 is 0 Å². The number of hydrogen-bond donors (Lipinski definition) is 2. The van der Waals surface area contributed by atoms with Gasteiger partial charge in [-0.15, -0.1) is 0 Å². The molecule has 0 aliphatic rings. The number of benzene rings is 1. The predicted octanol–water partition coefficient (Wildman–Crippen LogP) is 3.07. The molecule has 0 atom stereocenters. The van der Waals surface area contributed by atoms with Gasteiger partial charge in [0.15, 0.2) is 0 Å². The van der Waals surface area contributed by atoms with Crippen molar-refractivity contribution in [2.75, 3.05) is 19.0 Å². The van der Waals surface area contributed by atoms with Gasteiger partial charge in [0.1, 0.15) is 11.4 Å². The Hall–Kier alpha value is -3.41. The fraction of sp³-hybridized carbons (Fsp3) is 0.190. The number of hydrogen-bond acceptors (Lipinski definition) is 5. The summed E-state index contributed by atoms with van der Waals surface area (Å²) in [5, 5.41) is 6.15. The van der Waals surface area contributed by atoms with Crippen LogP contribution in [0.25, 0.3) is 0 Å². The molecule has 0 bridgehead atoms. The minimum absolute atomic E-state index is 0.205. The number of aromatic nitrogens is 2. The van der Waals surface area contributed by atoms with Crippen LogP contribution in [0.4, 0.5) is 5.69 Å². The number of carbonyl (C=O) groups is 1. The Morgan fingerprint density at radius 3 is 2.56 bits per heavy atom. The molecule has 2 heterocycles. The summed E-state index contributed by atoms with van der Waals surface area (Å²) in [6.45, 7) is 1.21. The molecule has 27 heavy (non-hydrogen) atoms. The van der Waals surface area contributed by atoms with Crippen LogP contribution in [0.5, 0.6) is 5.75 Å². The zero-order valence-corrected chi connectivity index (χ0v) is 15.2. The van der Waals surface area contributed by atoms with Gasteiger partial charge in [-0.2, -0.15) is 0 Å². The maximum atomic E-state index is 12.2. The molecule has 0 aliphatic heterocycles. The van der Waals surface area contributed by atoms with E-state index in [-0.39, 0.29) is 5.91 Å². The fourth-order valence-electron chi connectivity index (χ4n) is 2.55. The van der Waals surface area contributed by atoms with E-state index in [9.17, 15) is 4.79 Å². The highest BCUT2D eigenvalue weighted by atomic mass is 16.5. The Morgan fingerprint density at radius 1 is 1.04 bits per heavy atom. The summed E-state index contributed by atoms with van der Waals surface area (Å²) < 4.78 is 5.16. The van der Waals surface area contributed by atoms with Gasteiger partial charge >= 0.3 is 0 Å². The molecule has 3 rings (SSSR count). The zero-order valence-electron chi connectivity index (χ0n) is 15.2. The van der Waals surface area contributed by atoms with Gasteiger partial charge in [-0.25, -0.2) is 4.98 Å². The number of carbonyl (C=O) groups excluding carboxylic acids is 1. The van der Waals surface area contributed by atoms with Gasteiger partial charge in [0.2, 0.25) is 0 Å². The standard InChI is InChI=1S/C21H22N4O2/c1-27-19-7-4-16(5-8-19)10-12-23-18-6-9-20(24-15-18)21(26)25-14-17-3-2-11-22-13-17/h2-9,11,13,15,23H,10,12,14H2,1H3,(H,25,26). The highest BCUT2D eigenvalue weighted by Gasteiger charge is 2.07. The van der Waals surface area contributed by atoms with Crippen LogP contribution in [0, 0.1) is 0 Å². The molecule has 2 N–H and O–H groups in total. The molecular formula is C21H22N4O2. The van der Waals surface area contributed by atoms with Crippen molar-refractivity contribution in [3.05, 3.63) is 83.9 Å². The Labute approximate surface area is 158 Å². The van der Waals surface area contributed by atoms with Gasteiger partial charge in [-0.05, 0) is 47.9 Å². The Bertz CT molecular complexity index is 850. The topological polar surface area (TPSA) is 76.1 Å². The van der Waals surface area contributed by atoms with Crippen LogP contribution in [0.1, 0.15) is 21.6 Å². The van der Waals surface area contributed by atoms with Crippen molar-refractivity contribution in [2.45, 2.75) is 13.0 Å². The van der Waals surface area contributed by atoms with Crippen LogP contribution in [-0.4, -0.2) is 29.5 Å². The fourth-order valence-corrected chi connectivity index (χ4v) is 2.55. The van der Waals surface area contributed by atoms with Crippen molar-refractivity contribution < 1.29 is 9.53 Å². The third-order valence-electron chi connectivity index (χ3n) is 4.07. The highest BCUT2D eigenvalue weighted by Crippen LogP contribution is 2.12. The second-order valence-corrected chi connectivity index (χ2v) is 6.00. The lowest BCUT2D eigenvalue weighted by Crippen LogP contribution is -2.23. The van der Waals surface area contributed by atoms with E-state index in [2.05, 4.69) is 32.7 Å². The van der Waals surface area contributed by atoms with E-state index in [1.165, 1.54) is 5.56 Å². The average molecular weight is 362 g/mol. The molecule has 0 fully saturated rings. The lowest BCUT2D eigenvalue weighted by molar-refractivity contribution is 0.0946.